The molecule has 0 spiro atoms. The van der Waals surface area contributed by atoms with Crippen LogP contribution in [0.15, 0.2) is 54.6 Å². The van der Waals surface area contributed by atoms with Gasteiger partial charge >= 0.3 is 10.2 Å². The Bertz CT molecular complexity index is 1250. The molecule has 0 aliphatic carbocycles. The summed E-state index contributed by atoms with van der Waals surface area (Å²) in [6.07, 6.45) is 0.796. The van der Waals surface area contributed by atoms with Crippen LogP contribution in [0.5, 0.6) is 5.75 Å². The van der Waals surface area contributed by atoms with Crippen LogP contribution in [0.2, 0.25) is 0 Å². The first-order valence-electron chi connectivity index (χ1n) is 9.08. The lowest BCUT2D eigenvalue weighted by molar-refractivity contribution is -0.117. The maximum atomic E-state index is 15.6. The van der Waals surface area contributed by atoms with Gasteiger partial charge in [-0.3, -0.25) is 4.79 Å². The zero-order chi connectivity index (χ0) is 21.3. The molecule has 0 bridgehead atoms. The Hall–Kier alpha value is -3.46. The third-order valence-electron chi connectivity index (χ3n) is 4.71. The molecule has 30 heavy (non-hydrogen) atoms. The maximum absolute atomic E-state index is 15.6. The van der Waals surface area contributed by atoms with Gasteiger partial charge < -0.3 is 9.53 Å². The molecule has 0 radical (unpaired) electrons. The van der Waals surface area contributed by atoms with Crippen LogP contribution in [0, 0.1) is 5.82 Å². The molecule has 1 heterocycles. The van der Waals surface area contributed by atoms with Crippen molar-refractivity contribution >= 4 is 38.9 Å². The fourth-order valence-corrected chi connectivity index (χ4v) is 4.47. The fourth-order valence-electron chi connectivity index (χ4n) is 3.31. The highest BCUT2D eigenvalue weighted by Gasteiger charge is 2.38. The van der Waals surface area contributed by atoms with Gasteiger partial charge in [0.2, 0.25) is 0 Å². The number of anilines is 1. The molecule has 9 heteroatoms. The van der Waals surface area contributed by atoms with Crippen molar-refractivity contribution in [2.24, 2.45) is 0 Å². The molecule has 1 amide bonds. The van der Waals surface area contributed by atoms with E-state index in [1.165, 1.54) is 12.1 Å². The Kier molecular flexibility index (Phi) is 5.13. The van der Waals surface area contributed by atoms with E-state index in [1.807, 2.05) is 35.1 Å². The van der Waals surface area contributed by atoms with Crippen LogP contribution in [0.1, 0.15) is 11.1 Å². The summed E-state index contributed by atoms with van der Waals surface area (Å²) in [4.78, 5) is 22.5. The molecular weight excluding hydrogens is 411 g/mol. The van der Waals surface area contributed by atoms with E-state index in [0.717, 1.165) is 5.56 Å². The van der Waals surface area contributed by atoms with E-state index in [9.17, 15) is 18.0 Å². The molecule has 1 aliphatic rings. The first-order chi connectivity index (χ1) is 14.4. The third kappa shape index (κ3) is 3.71. The smallest absolute Gasteiger partial charge is 0.326 e. The topological polar surface area (TPSA) is 92.8 Å². The summed E-state index contributed by atoms with van der Waals surface area (Å²) in [7, 11) is -4.25. The number of amides is 1. The number of hydrogen-bond acceptors (Lipinski definition) is 5. The Balaban J connectivity index is 1.86. The van der Waals surface area contributed by atoms with Gasteiger partial charge in [-0.2, -0.15) is 8.42 Å². The van der Waals surface area contributed by atoms with Crippen LogP contribution in [0.25, 0.3) is 10.8 Å². The molecule has 1 aliphatic heterocycles. The molecule has 0 saturated carbocycles. The van der Waals surface area contributed by atoms with Gasteiger partial charge in [0.05, 0.1) is 0 Å². The van der Waals surface area contributed by atoms with Crippen molar-refractivity contribution in [2.45, 2.75) is 13.0 Å². The molecule has 3 aromatic rings. The van der Waals surface area contributed by atoms with Crippen LogP contribution in [0.3, 0.4) is 0 Å². The highest BCUT2D eigenvalue weighted by molar-refractivity contribution is 7.92. The van der Waals surface area contributed by atoms with Crippen molar-refractivity contribution < 1.29 is 27.1 Å². The second-order valence-electron chi connectivity index (χ2n) is 6.77. The van der Waals surface area contributed by atoms with E-state index < -0.39 is 28.5 Å². The highest BCUT2D eigenvalue weighted by Crippen LogP contribution is 2.39. The molecule has 154 valence electrons. The normalized spacial score (nSPS) is 15.2. The number of carbonyl (C=O) groups is 2. The summed E-state index contributed by atoms with van der Waals surface area (Å²) >= 11 is 0. The second-order valence-corrected chi connectivity index (χ2v) is 8.37. The molecule has 3 aromatic carbocycles. The summed E-state index contributed by atoms with van der Waals surface area (Å²) < 4.78 is 48.6. The molecular formula is C21H17FN2O5S. The first kappa shape index (κ1) is 19.8. The Morgan fingerprint density at radius 1 is 1.10 bits per heavy atom. The second kappa shape index (κ2) is 7.75. The Morgan fingerprint density at radius 3 is 2.53 bits per heavy atom. The van der Waals surface area contributed by atoms with Gasteiger partial charge in [0, 0.05) is 11.8 Å². The minimum absolute atomic E-state index is 0.00735. The van der Waals surface area contributed by atoms with Crippen molar-refractivity contribution in [3.63, 3.8) is 0 Å². The summed E-state index contributed by atoms with van der Waals surface area (Å²) in [5, 5.41) is 0.607. The van der Waals surface area contributed by atoms with E-state index in [4.69, 9.17) is 4.74 Å². The van der Waals surface area contributed by atoms with Gasteiger partial charge in [0.25, 0.3) is 5.91 Å². The average Bonchev–Trinajstić information content (AvgIpc) is 2.99. The standard InChI is InChI=1S/C21H17FN2O5S/c22-20-17-10-14(8-9-25)6-7-16(17)11-18(29-13-15-4-2-1-3-5-15)21(20)24-12-19(26)23-30(24,27)28/h1-7,9-11H,8,12-13H2,(H,23,26). The van der Waals surface area contributed by atoms with Crippen LogP contribution in [0.4, 0.5) is 10.1 Å². The number of nitrogens with one attached hydrogen (secondary N) is 1. The number of aldehydes is 1. The summed E-state index contributed by atoms with van der Waals surface area (Å²) in [6.45, 7) is -0.474. The quantitative estimate of drug-likeness (QED) is 0.609. The fraction of sp³-hybridized carbons (Fsp3) is 0.143. The third-order valence-corrected chi connectivity index (χ3v) is 6.09. The molecule has 0 aromatic heterocycles. The first-order valence-corrected chi connectivity index (χ1v) is 10.5. The lowest BCUT2D eigenvalue weighted by Gasteiger charge is -2.21. The van der Waals surface area contributed by atoms with Crippen molar-refractivity contribution in [3.05, 3.63) is 71.5 Å². The highest BCUT2D eigenvalue weighted by atomic mass is 32.2. The van der Waals surface area contributed by atoms with E-state index in [1.54, 1.807) is 12.1 Å². The zero-order valence-electron chi connectivity index (χ0n) is 15.7. The maximum Gasteiger partial charge on any atom is 0.326 e. The number of halogens is 1. The number of carbonyl (C=O) groups excluding carboxylic acids is 2. The summed E-state index contributed by atoms with van der Waals surface area (Å²) in [6, 6.07) is 15.5. The van der Waals surface area contributed by atoms with Crippen LogP contribution >= 0.6 is 0 Å². The van der Waals surface area contributed by atoms with Gasteiger partial charge in [0.1, 0.15) is 30.9 Å². The summed E-state index contributed by atoms with van der Waals surface area (Å²) in [5.74, 6) is -1.62. The van der Waals surface area contributed by atoms with Crippen LogP contribution < -0.4 is 13.8 Å². The number of hydrogen-bond donors (Lipinski definition) is 1. The van der Waals surface area contributed by atoms with Gasteiger partial charge in [0.15, 0.2) is 5.82 Å². The monoisotopic (exact) mass is 428 g/mol. The number of nitrogens with zero attached hydrogens (tertiary/aromatic N) is 1. The Labute approximate surface area is 172 Å². The number of fused-ring (bicyclic) bond motifs is 1. The van der Waals surface area contributed by atoms with Gasteiger partial charge in [-0.25, -0.2) is 13.4 Å². The zero-order valence-corrected chi connectivity index (χ0v) is 16.5. The van der Waals surface area contributed by atoms with Crippen molar-refractivity contribution in [1.29, 1.82) is 0 Å². The minimum Gasteiger partial charge on any atom is -0.487 e. The van der Waals surface area contributed by atoms with E-state index in [-0.39, 0.29) is 29.9 Å². The number of benzene rings is 3. The van der Waals surface area contributed by atoms with Crippen molar-refractivity contribution in [1.82, 2.24) is 4.72 Å². The van der Waals surface area contributed by atoms with Gasteiger partial charge in [-0.15, -0.1) is 0 Å². The lowest BCUT2D eigenvalue weighted by atomic mass is 10.0. The van der Waals surface area contributed by atoms with Crippen LogP contribution in [-0.2, 0) is 32.8 Å². The average molecular weight is 428 g/mol. The van der Waals surface area contributed by atoms with Gasteiger partial charge in [-0.1, -0.05) is 42.5 Å². The molecule has 1 N–H and O–H groups in total. The van der Waals surface area contributed by atoms with E-state index in [2.05, 4.69) is 0 Å². The molecule has 4 rings (SSSR count). The molecule has 0 atom stereocenters. The number of rotatable bonds is 6. The van der Waals surface area contributed by atoms with E-state index in [0.29, 0.717) is 21.5 Å². The van der Waals surface area contributed by atoms with Crippen molar-refractivity contribution in [3.8, 4) is 5.75 Å². The number of ether oxygens (including phenoxy) is 1. The molecule has 7 nitrogen and oxygen atoms in total. The van der Waals surface area contributed by atoms with Gasteiger partial charge in [-0.05, 0) is 28.6 Å². The summed E-state index contributed by atoms with van der Waals surface area (Å²) in [5.41, 5.74) is 1.04. The molecule has 1 fully saturated rings. The van der Waals surface area contributed by atoms with E-state index >= 15 is 4.39 Å². The lowest BCUT2D eigenvalue weighted by Crippen LogP contribution is -2.30. The predicted molar refractivity (Wildman–Crippen MR) is 109 cm³/mol. The Morgan fingerprint density at radius 2 is 1.87 bits per heavy atom. The molecule has 1 saturated heterocycles. The predicted octanol–water partition coefficient (Wildman–Crippen LogP) is 2.48. The van der Waals surface area contributed by atoms with Crippen LogP contribution in [-0.4, -0.2) is 27.2 Å². The molecule has 0 unspecified atom stereocenters. The SMILES string of the molecule is O=CCc1ccc2cc(OCc3ccccc3)c(N3CC(=O)NS3(=O)=O)c(F)c2c1. The largest absolute Gasteiger partial charge is 0.487 e. The minimum atomic E-state index is -4.25. The van der Waals surface area contributed by atoms with Crippen molar-refractivity contribution in [2.75, 3.05) is 10.8 Å².